The molecule has 1 aliphatic heterocycles. The van der Waals surface area contributed by atoms with Crippen molar-refractivity contribution in [3.8, 4) is 11.5 Å². The van der Waals surface area contributed by atoms with Crippen LogP contribution in [0.15, 0.2) is 77.9 Å². The van der Waals surface area contributed by atoms with Crippen LogP contribution in [0, 0.1) is 23.7 Å². The molecule has 182 valence electrons. The van der Waals surface area contributed by atoms with E-state index in [-0.39, 0.29) is 35.5 Å². The van der Waals surface area contributed by atoms with Gasteiger partial charge in [-0.2, -0.15) is 10.1 Å². The number of hydrazone groups is 1. The molecule has 0 unspecified atom stereocenters. The summed E-state index contributed by atoms with van der Waals surface area (Å²) in [7, 11) is 0. The molecule has 0 N–H and O–H groups in total. The summed E-state index contributed by atoms with van der Waals surface area (Å²) in [6.07, 6.45) is 7.71. The van der Waals surface area contributed by atoms with Gasteiger partial charge in [0.1, 0.15) is 6.61 Å². The fourth-order valence-corrected chi connectivity index (χ4v) is 5.86. The van der Waals surface area contributed by atoms with Crippen LogP contribution in [-0.2, 0) is 16.2 Å². The molecule has 3 aromatic rings. The summed E-state index contributed by atoms with van der Waals surface area (Å²) in [5.74, 6) is 0.643. The van der Waals surface area contributed by atoms with Crippen LogP contribution in [-0.4, -0.2) is 29.6 Å². The molecule has 3 aromatic carbocycles. The van der Waals surface area contributed by atoms with Crippen molar-refractivity contribution < 1.29 is 19.1 Å². The summed E-state index contributed by atoms with van der Waals surface area (Å²) >= 11 is 0. The van der Waals surface area contributed by atoms with Crippen molar-refractivity contribution in [2.45, 2.75) is 26.4 Å². The van der Waals surface area contributed by atoms with Gasteiger partial charge in [0, 0.05) is 0 Å². The van der Waals surface area contributed by atoms with Gasteiger partial charge < -0.3 is 9.47 Å². The first-order valence-corrected chi connectivity index (χ1v) is 12.6. The van der Waals surface area contributed by atoms with Gasteiger partial charge in [0.05, 0.1) is 24.7 Å². The molecule has 0 spiro atoms. The maximum Gasteiger partial charge on any atom is 0.254 e. The van der Waals surface area contributed by atoms with E-state index in [1.54, 1.807) is 6.21 Å². The number of carbonyl (C=O) groups is 2. The molecule has 0 radical (unpaired) electrons. The Morgan fingerprint density at radius 2 is 1.61 bits per heavy atom. The van der Waals surface area contributed by atoms with E-state index in [0.717, 1.165) is 34.4 Å². The highest BCUT2D eigenvalue weighted by molar-refractivity contribution is 6.06. The molecule has 1 saturated heterocycles. The van der Waals surface area contributed by atoms with Crippen LogP contribution < -0.4 is 9.47 Å². The highest BCUT2D eigenvalue weighted by Crippen LogP contribution is 2.49. The average Bonchev–Trinajstić information content (AvgIpc) is 3.19. The largest absolute Gasteiger partial charge is 0.490 e. The number of ether oxygens (including phenoxy) is 2. The third-order valence-corrected chi connectivity index (χ3v) is 7.59. The van der Waals surface area contributed by atoms with Crippen LogP contribution in [0.25, 0.3) is 10.8 Å². The molecular formula is C30H28N2O4. The van der Waals surface area contributed by atoms with Crippen molar-refractivity contribution in [1.29, 1.82) is 0 Å². The standard InChI is InChI=1S/C30H28N2O4/c1-2-35-26-16-19(10-15-25(26)36-18-23-8-5-7-20-6-3-4-9-24(20)23)17-31-32-29(33)27-21-11-12-22(14-13-21)28(27)30(32)34/h3-12,15-17,21-22,27-28H,2,13-14,18H2,1H3/b31-17-/t21-,22-,27-,28-/m1/s1. The van der Waals surface area contributed by atoms with Gasteiger partial charge in [-0.15, -0.1) is 0 Å². The van der Waals surface area contributed by atoms with Crippen LogP contribution in [0.5, 0.6) is 11.5 Å². The molecule has 1 heterocycles. The lowest BCUT2D eigenvalue weighted by Gasteiger charge is -2.37. The molecule has 6 heteroatoms. The summed E-state index contributed by atoms with van der Waals surface area (Å²) in [6, 6.07) is 19.9. The number of hydrogen-bond acceptors (Lipinski definition) is 5. The van der Waals surface area contributed by atoms with E-state index in [4.69, 9.17) is 9.47 Å². The summed E-state index contributed by atoms with van der Waals surface area (Å²) in [6.45, 7) is 2.80. The molecule has 3 aliphatic carbocycles. The Morgan fingerprint density at radius 3 is 2.33 bits per heavy atom. The quantitative estimate of drug-likeness (QED) is 0.260. The fourth-order valence-electron chi connectivity index (χ4n) is 5.86. The third-order valence-electron chi connectivity index (χ3n) is 7.59. The van der Waals surface area contributed by atoms with Crippen LogP contribution in [0.2, 0.25) is 0 Å². The zero-order valence-corrected chi connectivity index (χ0v) is 20.2. The molecule has 0 aromatic heterocycles. The van der Waals surface area contributed by atoms with E-state index in [0.29, 0.717) is 24.7 Å². The van der Waals surface area contributed by atoms with Gasteiger partial charge in [-0.05, 0) is 71.7 Å². The second-order valence-electron chi connectivity index (χ2n) is 9.64. The minimum absolute atomic E-state index is 0.152. The predicted molar refractivity (Wildman–Crippen MR) is 138 cm³/mol. The molecule has 2 bridgehead atoms. The molecule has 1 saturated carbocycles. The predicted octanol–water partition coefficient (Wildman–Crippen LogP) is 5.35. The first-order valence-electron chi connectivity index (χ1n) is 12.6. The number of nitrogens with zero attached hydrogens (tertiary/aromatic N) is 2. The fraction of sp³-hybridized carbons (Fsp3) is 0.300. The Balaban J connectivity index is 1.20. The monoisotopic (exact) mass is 480 g/mol. The normalized spacial score (nSPS) is 24.6. The number of benzene rings is 3. The van der Waals surface area contributed by atoms with E-state index in [9.17, 15) is 9.59 Å². The number of fused-ring (bicyclic) bond motifs is 2. The third kappa shape index (κ3) is 3.87. The van der Waals surface area contributed by atoms with E-state index in [1.807, 2.05) is 43.3 Å². The number of allylic oxidation sites excluding steroid dienone is 2. The first kappa shape index (κ1) is 22.5. The van der Waals surface area contributed by atoms with Crippen LogP contribution in [0.1, 0.15) is 30.9 Å². The Morgan fingerprint density at radius 1 is 0.889 bits per heavy atom. The average molecular weight is 481 g/mol. The van der Waals surface area contributed by atoms with Crippen LogP contribution >= 0.6 is 0 Å². The van der Waals surface area contributed by atoms with Crippen LogP contribution in [0.4, 0.5) is 0 Å². The maximum absolute atomic E-state index is 13.0. The summed E-state index contributed by atoms with van der Waals surface area (Å²) in [4.78, 5) is 26.0. The van der Waals surface area contributed by atoms with Gasteiger partial charge in [-0.3, -0.25) is 9.59 Å². The van der Waals surface area contributed by atoms with Gasteiger partial charge in [-0.25, -0.2) is 0 Å². The Bertz CT molecular complexity index is 1360. The minimum Gasteiger partial charge on any atom is -0.490 e. The Hall–Kier alpha value is -3.93. The second-order valence-corrected chi connectivity index (χ2v) is 9.64. The number of imide groups is 1. The highest BCUT2D eigenvalue weighted by Gasteiger charge is 2.56. The van der Waals surface area contributed by atoms with Crippen molar-refractivity contribution in [1.82, 2.24) is 5.01 Å². The van der Waals surface area contributed by atoms with Crippen molar-refractivity contribution in [2.75, 3.05) is 6.61 Å². The lowest BCUT2D eigenvalue weighted by Crippen LogP contribution is -2.38. The first-order chi connectivity index (χ1) is 17.6. The molecule has 2 fully saturated rings. The zero-order valence-electron chi connectivity index (χ0n) is 20.2. The van der Waals surface area contributed by atoms with Gasteiger partial charge in [-0.1, -0.05) is 54.6 Å². The lowest BCUT2D eigenvalue weighted by molar-refractivity contribution is -0.140. The van der Waals surface area contributed by atoms with E-state index in [1.165, 1.54) is 5.39 Å². The second kappa shape index (κ2) is 9.26. The van der Waals surface area contributed by atoms with E-state index >= 15 is 0 Å². The van der Waals surface area contributed by atoms with Crippen molar-refractivity contribution >= 4 is 28.8 Å². The molecule has 4 aliphatic rings. The van der Waals surface area contributed by atoms with E-state index in [2.05, 4.69) is 41.5 Å². The molecular weight excluding hydrogens is 452 g/mol. The minimum atomic E-state index is -0.262. The van der Waals surface area contributed by atoms with E-state index < -0.39 is 0 Å². The van der Waals surface area contributed by atoms with Crippen molar-refractivity contribution in [2.24, 2.45) is 28.8 Å². The van der Waals surface area contributed by atoms with Gasteiger partial charge in [0.2, 0.25) is 0 Å². The molecule has 2 amide bonds. The van der Waals surface area contributed by atoms with Crippen molar-refractivity contribution in [3.63, 3.8) is 0 Å². The molecule has 6 nitrogen and oxygen atoms in total. The topological polar surface area (TPSA) is 68.2 Å². The summed E-state index contributed by atoms with van der Waals surface area (Å²) in [5, 5.41) is 7.73. The number of carbonyl (C=O) groups excluding carboxylic acids is 2. The maximum atomic E-state index is 13.0. The lowest BCUT2D eigenvalue weighted by atomic mass is 9.63. The van der Waals surface area contributed by atoms with Gasteiger partial charge in [0.15, 0.2) is 11.5 Å². The highest BCUT2D eigenvalue weighted by atomic mass is 16.5. The smallest absolute Gasteiger partial charge is 0.254 e. The van der Waals surface area contributed by atoms with Crippen molar-refractivity contribution in [3.05, 3.63) is 83.9 Å². The Kier molecular flexibility index (Phi) is 5.80. The number of hydrogen-bond donors (Lipinski definition) is 0. The molecule has 7 rings (SSSR count). The van der Waals surface area contributed by atoms with Gasteiger partial charge >= 0.3 is 0 Å². The summed E-state index contributed by atoms with van der Waals surface area (Å²) in [5.41, 5.74) is 1.82. The number of amides is 2. The Labute approximate surface area is 210 Å². The number of rotatable bonds is 7. The molecule has 36 heavy (non-hydrogen) atoms. The van der Waals surface area contributed by atoms with Crippen LogP contribution in [0.3, 0.4) is 0 Å². The molecule has 4 atom stereocenters. The summed E-state index contributed by atoms with van der Waals surface area (Å²) < 4.78 is 12.0. The SMILES string of the molecule is CCOc1cc(/C=N\N2C(=O)[C@H]3[C@H](C2=O)[C@@H]2C=C[C@@H]3CC2)ccc1OCc1cccc2ccccc12. The zero-order chi connectivity index (χ0) is 24.6. The van der Waals surface area contributed by atoms with Gasteiger partial charge in [0.25, 0.3) is 11.8 Å².